The lowest BCUT2D eigenvalue weighted by Crippen LogP contribution is -2.49. The van der Waals surface area contributed by atoms with Gasteiger partial charge in [-0.2, -0.15) is 0 Å². The second-order valence-corrected chi connectivity index (χ2v) is 6.70. The molecule has 0 aliphatic heterocycles. The molecule has 0 heterocycles. The van der Waals surface area contributed by atoms with Gasteiger partial charge in [-0.3, -0.25) is 0 Å². The first-order chi connectivity index (χ1) is 8.72. The summed E-state index contributed by atoms with van der Waals surface area (Å²) in [6, 6.07) is 3.17. The Morgan fingerprint density at radius 2 is 1.89 bits per heavy atom. The first-order valence-electron chi connectivity index (χ1n) is 5.97. The maximum absolute atomic E-state index is 13.2. The Kier molecular flexibility index (Phi) is 5.32. The predicted octanol–water partition coefficient (Wildman–Crippen LogP) is 2.27. The molecule has 0 aliphatic rings. The minimum Gasteiger partial charge on any atom is -0.324 e. The van der Waals surface area contributed by atoms with Crippen LogP contribution in [-0.4, -0.2) is 20.5 Å². The molecule has 0 fully saturated rings. The largest absolute Gasteiger partial charge is 0.324 e. The molecule has 0 radical (unpaired) electrons. The predicted molar refractivity (Wildman–Crippen MR) is 74.1 cm³/mol. The highest BCUT2D eigenvalue weighted by atomic mass is 35.5. The van der Waals surface area contributed by atoms with E-state index in [1.165, 1.54) is 6.07 Å². The van der Waals surface area contributed by atoms with Gasteiger partial charge in [0.2, 0.25) is 10.0 Å². The fourth-order valence-corrected chi connectivity index (χ4v) is 2.99. The number of nitrogens with one attached hydrogen (secondary N) is 1. The third kappa shape index (κ3) is 4.42. The lowest BCUT2D eigenvalue weighted by Gasteiger charge is -2.26. The monoisotopic (exact) mass is 308 g/mol. The molecule has 0 atom stereocenters. The maximum Gasteiger partial charge on any atom is 0.240 e. The van der Waals surface area contributed by atoms with Gasteiger partial charge in [0.05, 0.1) is 4.90 Å². The second-order valence-electron chi connectivity index (χ2n) is 4.50. The average molecular weight is 309 g/mol. The molecule has 7 heteroatoms. The average Bonchev–Trinajstić information content (AvgIpc) is 2.35. The molecule has 0 unspecified atom stereocenters. The summed E-state index contributed by atoms with van der Waals surface area (Å²) >= 11 is 5.64. The summed E-state index contributed by atoms with van der Waals surface area (Å²) in [5, 5.41) is 0.0327. The standard InChI is InChI=1S/C12H18ClFN2O2S/c1-3-12(15,4-2)8-16-19(17,18)11-6-9(13)5-10(14)7-11/h5-7,16H,3-4,8,15H2,1-2H3. The Morgan fingerprint density at radius 3 is 2.37 bits per heavy atom. The van der Waals surface area contributed by atoms with Crippen LogP contribution in [0.2, 0.25) is 5.02 Å². The van der Waals surface area contributed by atoms with Crippen molar-refractivity contribution in [1.29, 1.82) is 0 Å². The van der Waals surface area contributed by atoms with Crippen molar-refractivity contribution in [2.75, 3.05) is 6.54 Å². The zero-order chi connectivity index (χ0) is 14.7. The van der Waals surface area contributed by atoms with E-state index in [2.05, 4.69) is 4.72 Å². The van der Waals surface area contributed by atoms with Crippen molar-refractivity contribution in [1.82, 2.24) is 4.72 Å². The van der Waals surface area contributed by atoms with Crippen molar-refractivity contribution in [2.45, 2.75) is 37.1 Å². The number of halogens is 2. The third-order valence-corrected chi connectivity index (χ3v) is 4.77. The van der Waals surface area contributed by atoms with Gasteiger partial charge < -0.3 is 5.73 Å². The topological polar surface area (TPSA) is 72.2 Å². The van der Waals surface area contributed by atoms with Gasteiger partial charge >= 0.3 is 0 Å². The van der Waals surface area contributed by atoms with E-state index in [1.54, 1.807) is 0 Å². The van der Waals surface area contributed by atoms with E-state index >= 15 is 0 Å². The number of benzene rings is 1. The van der Waals surface area contributed by atoms with Crippen LogP contribution < -0.4 is 10.5 Å². The van der Waals surface area contributed by atoms with E-state index in [9.17, 15) is 12.8 Å². The fraction of sp³-hybridized carbons (Fsp3) is 0.500. The van der Waals surface area contributed by atoms with E-state index in [-0.39, 0.29) is 16.5 Å². The van der Waals surface area contributed by atoms with Gasteiger partial charge in [0.15, 0.2) is 0 Å². The van der Waals surface area contributed by atoms with Crippen molar-refractivity contribution in [3.63, 3.8) is 0 Å². The van der Waals surface area contributed by atoms with Crippen LogP contribution in [0.25, 0.3) is 0 Å². The lowest BCUT2D eigenvalue weighted by atomic mass is 9.95. The second kappa shape index (κ2) is 6.17. The molecule has 4 nitrogen and oxygen atoms in total. The highest BCUT2D eigenvalue weighted by Crippen LogP contribution is 2.19. The Labute approximate surface area is 118 Å². The van der Waals surface area contributed by atoms with E-state index < -0.39 is 21.4 Å². The molecule has 0 aromatic heterocycles. The molecule has 19 heavy (non-hydrogen) atoms. The van der Waals surface area contributed by atoms with Crippen LogP contribution in [0.1, 0.15) is 26.7 Å². The molecule has 0 amide bonds. The SMILES string of the molecule is CCC(N)(CC)CNS(=O)(=O)c1cc(F)cc(Cl)c1. The summed E-state index contributed by atoms with van der Waals surface area (Å²) in [7, 11) is -3.81. The molecule has 1 aromatic carbocycles. The number of nitrogens with two attached hydrogens (primary N) is 1. The molecule has 1 rings (SSSR count). The summed E-state index contributed by atoms with van der Waals surface area (Å²) in [6.45, 7) is 3.87. The van der Waals surface area contributed by atoms with Crippen LogP contribution in [0.5, 0.6) is 0 Å². The van der Waals surface area contributed by atoms with Crippen molar-refractivity contribution >= 4 is 21.6 Å². The molecule has 0 saturated carbocycles. The van der Waals surface area contributed by atoms with E-state index in [0.29, 0.717) is 12.8 Å². The zero-order valence-corrected chi connectivity index (χ0v) is 12.5. The van der Waals surface area contributed by atoms with Crippen LogP contribution in [0, 0.1) is 5.82 Å². The van der Waals surface area contributed by atoms with Crippen LogP contribution in [0.15, 0.2) is 23.1 Å². The molecule has 3 N–H and O–H groups in total. The zero-order valence-electron chi connectivity index (χ0n) is 10.9. The molecule has 0 spiro atoms. The van der Waals surface area contributed by atoms with Crippen molar-refractivity contribution in [2.24, 2.45) is 5.73 Å². The molecule has 0 saturated heterocycles. The maximum atomic E-state index is 13.2. The van der Waals surface area contributed by atoms with E-state index in [4.69, 9.17) is 17.3 Å². The fourth-order valence-electron chi connectivity index (χ4n) is 1.51. The molecule has 0 bridgehead atoms. The van der Waals surface area contributed by atoms with Crippen LogP contribution in [-0.2, 0) is 10.0 Å². The molecule has 108 valence electrons. The molecular weight excluding hydrogens is 291 g/mol. The summed E-state index contributed by atoms with van der Waals surface area (Å²) in [5.41, 5.74) is 5.41. The van der Waals surface area contributed by atoms with Crippen LogP contribution in [0.4, 0.5) is 4.39 Å². The molecular formula is C12H18ClFN2O2S. The third-order valence-electron chi connectivity index (χ3n) is 3.17. The summed E-state index contributed by atoms with van der Waals surface area (Å²) < 4.78 is 39.6. The van der Waals surface area contributed by atoms with Crippen LogP contribution in [0.3, 0.4) is 0 Å². The Balaban J connectivity index is 2.93. The molecule has 0 aliphatic carbocycles. The first kappa shape index (κ1) is 16.4. The minimum atomic E-state index is -3.81. The Bertz CT molecular complexity index is 524. The van der Waals surface area contributed by atoms with Crippen molar-refractivity contribution < 1.29 is 12.8 Å². The first-order valence-corrected chi connectivity index (χ1v) is 7.83. The lowest BCUT2D eigenvalue weighted by molar-refractivity contribution is 0.391. The smallest absolute Gasteiger partial charge is 0.240 e. The van der Waals surface area contributed by atoms with Gasteiger partial charge in [-0.1, -0.05) is 25.4 Å². The van der Waals surface area contributed by atoms with Gasteiger partial charge in [0.25, 0.3) is 0 Å². The normalized spacial score (nSPS) is 12.7. The van der Waals surface area contributed by atoms with Gasteiger partial charge in [0.1, 0.15) is 5.82 Å². The Morgan fingerprint density at radius 1 is 1.32 bits per heavy atom. The van der Waals surface area contributed by atoms with Gasteiger partial charge in [0, 0.05) is 17.1 Å². The van der Waals surface area contributed by atoms with Crippen molar-refractivity contribution in [3.8, 4) is 0 Å². The van der Waals surface area contributed by atoms with Gasteiger partial charge in [-0.05, 0) is 31.0 Å². The van der Waals surface area contributed by atoms with E-state index in [1.807, 2.05) is 13.8 Å². The summed E-state index contributed by atoms with van der Waals surface area (Å²) in [5.74, 6) is -0.696. The number of rotatable bonds is 6. The quantitative estimate of drug-likeness (QED) is 0.847. The summed E-state index contributed by atoms with van der Waals surface area (Å²) in [4.78, 5) is -0.202. The molecule has 1 aromatic rings. The van der Waals surface area contributed by atoms with Crippen LogP contribution >= 0.6 is 11.6 Å². The Hall–Kier alpha value is -0.690. The van der Waals surface area contributed by atoms with Gasteiger partial charge in [-0.25, -0.2) is 17.5 Å². The number of sulfonamides is 1. The van der Waals surface area contributed by atoms with Crippen molar-refractivity contribution in [3.05, 3.63) is 29.0 Å². The van der Waals surface area contributed by atoms with E-state index in [0.717, 1.165) is 12.1 Å². The number of hydrogen-bond acceptors (Lipinski definition) is 3. The highest BCUT2D eigenvalue weighted by molar-refractivity contribution is 7.89. The minimum absolute atomic E-state index is 0.0327. The number of hydrogen-bond donors (Lipinski definition) is 2. The highest BCUT2D eigenvalue weighted by Gasteiger charge is 2.24. The summed E-state index contributed by atoms with van der Waals surface area (Å²) in [6.07, 6.45) is 1.27. The van der Waals surface area contributed by atoms with Gasteiger partial charge in [-0.15, -0.1) is 0 Å².